The Hall–Kier alpha value is -3.74. The molecule has 2 aromatic carbocycles. The number of benzene rings is 2. The highest BCUT2D eigenvalue weighted by molar-refractivity contribution is 6.08. The van der Waals surface area contributed by atoms with E-state index >= 15 is 0 Å². The fraction of sp³-hybridized carbons (Fsp3) is 0.0500. The van der Waals surface area contributed by atoms with E-state index in [1.807, 2.05) is 18.2 Å². The molecular weight excluding hydrogens is 347 g/mol. The topological polar surface area (TPSA) is 76.0 Å². The minimum absolute atomic E-state index is 0.133. The molecule has 0 aliphatic heterocycles. The smallest absolute Gasteiger partial charge is 0.256 e. The summed E-state index contributed by atoms with van der Waals surface area (Å²) in [7, 11) is 0. The van der Waals surface area contributed by atoms with Gasteiger partial charge in [0, 0.05) is 12.1 Å². The van der Waals surface area contributed by atoms with Crippen molar-refractivity contribution in [1.82, 2.24) is 15.1 Å². The van der Waals surface area contributed by atoms with Crippen LogP contribution in [-0.4, -0.2) is 28.1 Å². The van der Waals surface area contributed by atoms with Gasteiger partial charge in [-0.05, 0) is 30.3 Å². The standard InChI is InChI=1S/C20H17FN4O2/c1-2-11-22-20(27)17-13-23-25(16-9-4-3-5-10-16)18(17)24-19(26)14-7-6-8-15(21)12-14/h2-10,12-13H,1,11H2,(H,22,27)(H,24,26). The Morgan fingerprint density at radius 3 is 2.59 bits per heavy atom. The summed E-state index contributed by atoms with van der Waals surface area (Å²) in [4.78, 5) is 25.0. The predicted octanol–water partition coefficient (Wildman–Crippen LogP) is 3.18. The number of anilines is 1. The van der Waals surface area contributed by atoms with Gasteiger partial charge < -0.3 is 10.6 Å². The molecule has 27 heavy (non-hydrogen) atoms. The second kappa shape index (κ2) is 8.09. The zero-order chi connectivity index (χ0) is 19.2. The number of amides is 2. The second-order valence-electron chi connectivity index (χ2n) is 5.62. The molecule has 7 heteroatoms. The summed E-state index contributed by atoms with van der Waals surface area (Å²) in [5.41, 5.74) is 0.980. The molecule has 0 spiro atoms. The largest absolute Gasteiger partial charge is 0.348 e. The summed E-state index contributed by atoms with van der Waals surface area (Å²) >= 11 is 0. The van der Waals surface area contributed by atoms with Gasteiger partial charge >= 0.3 is 0 Å². The van der Waals surface area contributed by atoms with E-state index in [2.05, 4.69) is 22.3 Å². The average molecular weight is 364 g/mol. The van der Waals surface area contributed by atoms with Gasteiger partial charge in [0.05, 0.1) is 11.9 Å². The van der Waals surface area contributed by atoms with Crippen molar-refractivity contribution in [3.8, 4) is 5.69 Å². The van der Waals surface area contributed by atoms with Crippen molar-refractivity contribution in [2.75, 3.05) is 11.9 Å². The van der Waals surface area contributed by atoms with E-state index in [4.69, 9.17) is 0 Å². The highest BCUT2D eigenvalue weighted by Gasteiger charge is 2.21. The first kappa shape index (κ1) is 18.1. The van der Waals surface area contributed by atoms with E-state index in [0.29, 0.717) is 5.69 Å². The lowest BCUT2D eigenvalue weighted by atomic mass is 10.2. The van der Waals surface area contributed by atoms with Crippen molar-refractivity contribution in [3.05, 3.63) is 90.4 Å². The molecule has 0 atom stereocenters. The van der Waals surface area contributed by atoms with Gasteiger partial charge in [0.1, 0.15) is 17.2 Å². The Morgan fingerprint density at radius 1 is 1.11 bits per heavy atom. The minimum atomic E-state index is -0.551. The van der Waals surface area contributed by atoms with E-state index in [-0.39, 0.29) is 23.5 Å². The zero-order valence-electron chi connectivity index (χ0n) is 14.4. The lowest BCUT2D eigenvalue weighted by Crippen LogP contribution is -2.25. The maximum atomic E-state index is 13.4. The summed E-state index contributed by atoms with van der Waals surface area (Å²) in [6.07, 6.45) is 2.91. The first-order valence-corrected chi connectivity index (χ1v) is 8.19. The quantitative estimate of drug-likeness (QED) is 0.660. The molecule has 0 saturated carbocycles. The number of hydrogen-bond acceptors (Lipinski definition) is 3. The van der Waals surface area contributed by atoms with Crippen LogP contribution >= 0.6 is 0 Å². The van der Waals surface area contributed by atoms with Crippen LogP contribution in [0, 0.1) is 5.82 Å². The van der Waals surface area contributed by atoms with Crippen LogP contribution in [0.15, 0.2) is 73.4 Å². The maximum Gasteiger partial charge on any atom is 0.256 e. The Labute approximate surface area is 155 Å². The van der Waals surface area contributed by atoms with Gasteiger partial charge in [-0.1, -0.05) is 30.3 Å². The summed E-state index contributed by atoms with van der Waals surface area (Å²) in [5.74, 6) is -1.29. The Bertz CT molecular complexity index is 983. The van der Waals surface area contributed by atoms with Crippen LogP contribution in [0.25, 0.3) is 5.69 Å². The van der Waals surface area contributed by atoms with Crippen molar-refractivity contribution >= 4 is 17.6 Å². The van der Waals surface area contributed by atoms with Crippen molar-refractivity contribution in [2.24, 2.45) is 0 Å². The van der Waals surface area contributed by atoms with Crippen molar-refractivity contribution < 1.29 is 14.0 Å². The monoisotopic (exact) mass is 364 g/mol. The van der Waals surface area contributed by atoms with Gasteiger partial charge in [-0.15, -0.1) is 6.58 Å². The Balaban J connectivity index is 1.99. The Morgan fingerprint density at radius 2 is 1.89 bits per heavy atom. The number of para-hydroxylation sites is 1. The van der Waals surface area contributed by atoms with Crippen LogP contribution in [0.4, 0.5) is 10.2 Å². The number of carbonyl (C=O) groups is 2. The van der Waals surface area contributed by atoms with Gasteiger partial charge in [-0.3, -0.25) is 9.59 Å². The van der Waals surface area contributed by atoms with E-state index in [9.17, 15) is 14.0 Å². The number of nitrogens with zero attached hydrogens (tertiary/aromatic N) is 2. The molecule has 2 amide bonds. The SMILES string of the molecule is C=CCNC(=O)c1cnn(-c2ccccc2)c1NC(=O)c1cccc(F)c1. The average Bonchev–Trinajstić information content (AvgIpc) is 3.10. The third-order valence-corrected chi connectivity index (χ3v) is 3.74. The van der Waals surface area contributed by atoms with Crippen LogP contribution in [0.3, 0.4) is 0 Å². The number of carbonyl (C=O) groups excluding carboxylic acids is 2. The van der Waals surface area contributed by atoms with Gasteiger partial charge in [-0.25, -0.2) is 9.07 Å². The first-order chi connectivity index (χ1) is 13.1. The van der Waals surface area contributed by atoms with Crippen LogP contribution in [-0.2, 0) is 0 Å². The molecule has 3 aromatic rings. The molecule has 1 aromatic heterocycles. The van der Waals surface area contributed by atoms with Crippen molar-refractivity contribution in [2.45, 2.75) is 0 Å². The fourth-order valence-electron chi connectivity index (χ4n) is 2.47. The third kappa shape index (κ3) is 4.09. The normalized spacial score (nSPS) is 10.3. The number of hydrogen-bond donors (Lipinski definition) is 2. The molecule has 6 nitrogen and oxygen atoms in total. The predicted molar refractivity (Wildman–Crippen MR) is 100 cm³/mol. The molecule has 0 aliphatic carbocycles. The van der Waals surface area contributed by atoms with Crippen LogP contribution in [0.2, 0.25) is 0 Å². The molecule has 0 fully saturated rings. The molecule has 0 unspecified atom stereocenters. The fourth-order valence-corrected chi connectivity index (χ4v) is 2.47. The molecule has 0 bridgehead atoms. The molecular formula is C20H17FN4O2. The van der Waals surface area contributed by atoms with Crippen molar-refractivity contribution in [1.29, 1.82) is 0 Å². The van der Waals surface area contributed by atoms with Crippen LogP contribution in [0.1, 0.15) is 20.7 Å². The molecule has 3 rings (SSSR count). The maximum absolute atomic E-state index is 13.4. The summed E-state index contributed by atoms with van der Waals surface area (Å²) < 4.78 is 14.9. The van der Waals surface area contributed by atoms with Gasteiger partial charge in [0.2, 0.25) is 0 Å². The minimum Gasteiger partial charge on any atom is -0.348 e. The lowest BCUT2D eigenvalue weighted by Gasteiger charge is -2.11. The molecule has 2 N–H and O–H groups in total. The van der Waals surface area contributed by atoms with E-state index in [1.165, 1.54) is 29.1 Å². The Kier molecular flexibility index (Phi) is 5.41. The second-order valence-corrected chi connectivity index (χ2v) is 5.62. The zero-order valence-corrected chi connectivity index (χ0v) is 14.4. The third-order valence-electron chi connectivity index (χ3n) is 3.74. The molecule has 1 heterocycles. The lowest BCUT2D eigenvalue weighted by molar-refractivity contribution is 0.0959. The first-order valence-electron chi connectivity index (χ1n) is 8.19. The molecule has 0 aliphatic rings. The van der Waals surface area contributed by atoms with Crippen LogP contribution in [0.5, 0.6) is 0 Å². The highest BCUT2D eigenvalue weighted by atomic mass is 19.1. The van der Waals surface area contributed by atoms with Crippen molar-refractivity contribution in [3.63, 3.8) is 0 Å². The van der Waals surface area contributed by atoms with E-state index in [0.717, 1.165) is 6.07 Å². The summed E-state index contributed by atoms with van der Waals surface area (Å²) in [6.45, 7) is 3.83. The molecule has 0 saturated heterocycles. The van der Waals surface area contributed by atoms with Gasteiger partial charge in [0.15, 0.2) is 0 Å². The molecule has 0 radical (unpaired) electrons. The molecule has 136 valence electrons. The number of rotatable bonds is 6. The van der Waals surface area contributed by atoms with E-state index in [1.54, 1.807) is 18.2 Å². The number of nitrogens with one attached hydrogen (secondary N) is 2. The van der Waals surface area contributed by atoms with Gasteiger partial charge in [0.25, 0.3) is 11.8 Å². The van der Waals surface area contributed by atoms with Crippen LogP contribution < -0.4 is 10.6 Å². The summed E-state index contributed by atoms with van der Waals surface area (Å²) in [5, 5.41) is 9.54. The number of halogens is 1. The highest BCUT2D eigenvalue weighted by Crippen LogP contribution is 2.21. The van der Waals surface area contributed by atoms with E-state index < -0.39 is 17.6 Å². The summed E-state index contributed by atoms with van der Waals surface area (Å²) in [6, 6.07) is 14.3. The van der Waals surface area contributed by atoms with Gasteiger partial charge in [-0.2, -0.15) is 5.10 Å². The number of aromatic nitrogens is 2.